The van der Waals surface area contributed by atoms with E-state index < -0.39 is 0 Å². The van der Waals surface area contributed by atoms with Gasteiger partial charge in [0.2, 0.25) is 0 Å². The molecule has 0 spiro atoms. The first-order valence-corrected chi connectivity index (χ1v) is 9.69. The zero-order chi connectivity index (χ0) is 16.1. The highest BCUT2D eigenvalue weighted by molar-refractivity contribution is 5.40. The Labute approximate surface area is 142 Å². The van der Waals surface area contributed by atoms with Crippen LogP contribution in [0.1, 0.15) is 70.4 Å². The molecule has 0 amide bonds. The third kappa shape index (κ3) is 4.47. The van der Waals surface area contributed by atoms with E-state index >= 15 is 0 Å². The molecule has 0 radical (unpaired) electrons. The van der Waals surface area contributed by atoms with Gasteiger partial charge in [-0.3, -0.25) is 4.90 Å². The second kappa shape index (κ2) is 8.14. The standard InChI is InChI=1S/C20H33N3/c1-17(2)16-23-14-8-5-9-19(23)18-10-11-20(21-15-18)22-12-6-3-4-7-13-22/h10-11,15,17,19H,3-9,12-14,16H2,1-2H3. The highest BCUT2D eigenvalue weighted by Gasteiger charge is 2.24. The van der Waals surface area contributed by atoms with Gasteiger partial charge in [-0.05, 0) is 49.8 Å². The molecule has 3 heterocycles. The molecular weight excluding hydrogens is 282 g/mol. The van der Waals surface area contributed by atoms with E-state index in [0.29, 0.717) is 6.04 Å². The van der Waals surface area contributed by atoms with Crippen LogP contribution in [0.15, 0.2) is 18.3 Å². The number of hydrogen-bond donors (Lipinski definition) is 0. The lowest BCUT2D eigenvalue weighted by Gasteiger charge is -2.37. The van der Waals surface area contributed by atoms with Crippen LogP contribution in [0.3, 0.4) is 0 Å². The topological polar surface area (TPSA) is 19.4 Å². The van der Waals surface area contributed by atoms with Gasteiger partial charge < -0.3 is 4.90 Å². The van der Waals surface area contributed by atoms with Crippen LogP contribution >= 0.6 is 0 Å². The van der Waals surface area contributed by atoms with Gasteiger partial charge in [0.25, 0.3) is 0 Å². The average molecular weight is 316 g/mol. The van der Waals surface area contributed by atoms with Crippen molar-refractivity contribution < 1.29 is 0 Å². The first-order valence-electron chi connectivity index (χ1n) is 9.69. The van der Waals surface area contributed by atoms with Gasteiger partial charge in [-0.25, -0.2) is 4.98 Å². The molecule has 0 N–H and O–H groups in total. The Hall–Kier alpha value is -1.09. The predicted octanol–water partition coefficient (Wildman–Crippen LogP) is 4.65. The van der Waals surface area contributed by atoms with E-state index in [1.807, 2.05) is 0 Å². The van der Waals surface area contributed by atoms with Gasteiger partial charge >= 0.3 is 0 Å². The Morgan fingerprint density at radius 3 is 2.39 bits per heavy atom. The number of aromatic nitrogens is 1. The van der Waals surface area contributed by atoms with Crippen molar-refractivity contribution in [1.29, 1.82) is 0 Å². The molecule has 0 aliphatic carbocycles. The van der Waals surface area contributed by atoms with E-state index in [2.05, 4.69) is 42.0 Å². The Morgan fingerprint density at radius 1 is 1.00 bits per heavy atom. The van der Waals surface area contributed by atoms with Crippen LogP contribution < -0.4 is 4.90 Å². The molecule has 128 valence electrons. The maximum atomic E-state index is 4.83. The molecule has 3 rings (SSSR count). The summed E-state index contributed by atoms with van der Waals surface area (Å²) < 4.78 is 0. The van der Waals surface area contributed by atoms with Crippen molar-refractivity contribution in [2.24, 2.45) is 5.92 Å². The number of anilines is 1. The number of piperidine rings is 1. The van der Waals surface area contributed by atoms with Gasteiger partial charge in [0, 0.05) is 31.9 Å². The van der Waals surface area contributed by atoms with Gasteiger partial charge in [0.15, 0.2) is 0 Å². The number of hydrogen-bond acceptors (Lipinski definition) is 3. The quantitative estimate of drug-likeness (QED) is 0.806. The van der Waals surface area contributed by atoms with Crippen molar-refractivity contribution in [1.82, 2.24) is 9.88 Å². The van der Waals surface area contributed by atoms with Crippen molar-refractivity contribution in [2.45, 2.75) is 64.8 Å². The maximum Gasteiger partial charge on any atom is 0.128 e. The lowest BCUT2D eigenvalue weighted by Crippen LogP contribution is -2.36. The molecule has 0 bridgehead atoms. The Balaban J connectivity index is 1.69. The molecular formula is C20H33N3. The number of pyridine rings is 1. The number of rotatable bonds is 4. The van der Waals surface area contributed by atoms with E-state index in [-0.39, 0.29) is 0 Å². The maximum absolute atomic E-state index is 4.83. The van der Waals surface area contributed by atoms with Crippen molar-refractivity contribution in [2.75, 3.05) is 31.1 Å². The first kappa shape index (κ1) is 16.8. The molecule has 0 saturated carbocycles. The van der Waals surface area contributed by atoms with Crippen LogP contribution in [0, 0.1) is 5.92 Å². The fourth-order valence-corrected chi connectivity index (χ4v) is 4.14. The molecule has 3 nitrogen and oxygen atoms in total. The highest BCUT2D eigenvalue weighted by atomic mass is 15.2. The van der Waals surface area contributed by atoms with Gasteiger partial charge in [0.1, 0.15) is 5.82 Å². The van der Waals surface area contributed by atoms with E-state index in [4.69, 9.17) is 4.98 Å². The Kier molecular flexibility index (Phi) is 5.93. The van der Waals surface area contributed by atoms with E-state index in [9.17, 15) is 0 Å². The van der Waals surface area contributed by atoms with Crippen LogP contribution in [0.2, 0.25) is 0 Å². The minimum absolute atomic E-state index is 0.580. The van der Waals surface area contributed by atoms with Crippen molar-refractivity contribution >= 4 is 5.82 Å². The number of nitrogens with zero attached hydrogens (tertiary/aromatic N) is 3. The van der Waals surface area contributed by atoms with E-state index in [0.717, 1.165) is 5.92 Å². The van der Waals surface area contributed by atoms with Crippen molar-refractivity contribution in [3.63, 3.8) is 0 Å². The highest BCUT2D eigenvalue weighted by Crippen LogP contribution is 2.31. The summed E-state index contributed by atoms with van der Waals surface area (Å²) in [6.45, 7) is 9.46. The Morgan fingerprint density at radius 2 is 1.74 bits per heavy atom. The fourth-order valence-electron chi connectivity index (χ4n) is 4.14. The average Bonchev–Trinajstić information content (AvgIpc) is 2.84. The van der Waals surface area contributed by atoms with Crippen molar-refractivity contribution in [3.8, 4) is 0 Å². The second-order valence-corrected chi connectivity index (χ2v) is 7.75. The molecule has 1 unspecified atom stereocenters. The summed E-state index contributed by atoms with van der Waals surface area (Å²) >= 11 is 0. The largest absolute Gasteiger partial charge is 0.357 e. The van der Waals surface area contributed by atoms with Gasteiger partial charge in [-0.15, -0.1) is 0 Å². The van der Waals surface area contributed by atoms with Crippen LogP contribution in [-0.4, -0.2) is 36.1 Å². The molecule has 1 atom stereocenters. The third-order valence-electron chi connectivity index (χ3n) is 5.30. The summed E-state index contributed by atoms with van der Waals surface area (Å²) in [4.78, 5) is 9.99. The lowest BCUT2D eigenvalue weighted by atomic mass is 9.95. The second-order valence-electron chi connectivity index (χ2n) is 7.75. The van der Waals surface area contributed by atoms with Gasteiger partial charge in [-0.1, -0.05) is 39.2 Å². The van der Waals surface area contributed by atoms with E-state index in [1.165, 1.54) is 82.5 Å². The fraction of sp³-hybridized carbons (Fsp3) is 0.750. The molecule has 23 heavy (non-hydrogen) atoms. The summed E-state index contributed by atoms with van der Waals surface area (Å²) in [5, 5.41) is 0. The summed E-state index contributed by atoms with van der Waals surface area (Å²) in [5.41, 5.74) is 1.42. The summed E-state index contributed by atoms with van der Waals surface area (Å²) in [5.74, 6) is 1.92. The molecule has 1 aromatic rings. The monoisotopic (exact) mass is 315 g/mol. The Bertz CT molecular complexity index is 460. The molecule has 1 aromatic heterocycles. The molecule has 3 heteroatoms. The molecule has 2 aliphatic heterocycles. The third-order valence-corrected chi connectivity index (χ3v) is 5.30. The van der Waals surface area contributed by atoms with Crippen LogP contribution in [-0.2, 0) is 0 Å². The van der Waals surface area contributed by atoms with Crippen molar-refractivity contribution in [3.05, 3.63) is 23.9 Å². The zero-order valence-electron chi connectivity index (χ0n) is 15.0. The normalized spacial score (nSPS) is 24.0. The van der Waals surface area contributed by atoms with Gasteiger partial charge in [-0.2, -0.15) is 0 Å². The smallest absolute Gasteiger partial charge is 0.128 e. The first-order chi connectivity index (χ1) is 11.2. The predicted molar refractivity (Wildman–Crippen MR) is 97.9 cm³/mol. The molecule has 0 aromatic carbocycles. The molecule has 2 aliphatic rings. The molecule has 2 fully saturated rings. The summed E-state index contributed by atoms with van der Waals surface area (Å²) in [6, 6.07) is 5.19. The zero-order valence-corrected chi connectivity index (χ0v) is 15.0. The van der Waals surface area contributed by atoms with E-state index in [1.54, 1.807) is 0 Å². The van der Waals surface area contributed by atoms with Gasteiger partial charge in [0.05, 0.1) is 0 Å². The summed E-state index contributed by atoms with van der Waals surface area (Å²) in [6.07, 6.45) is 11.5. The molecule has 2 saturated heterocycles. The number of likely N-dealkylation sites (tertiary alicyclic amines) is 1. The van der Waals surface area contributed by atoms with Crippen LogP contribution in [0.5, 0.6) is 0 Å². The minimum Gasteiger partial charge on any atom is -0.357 e. The minimum atomic E-state index is 0.580. The van der Waals surface area contributed by atoms with Crippen LogP contribution in [0.25, 0.3) is 0 Å². The summed E-state index contributed by atoms with van der Waals surface area (Å²) in [7, 11) is 0. The SMILES string of the molecule is CC(C)CN1CCCCC1c1ccc(N2CCCCCC2)nc1. The van der Waals surface area contributed by atoms with Crippen LogP contribution in [0.4, 0.5) is 5.82 Å². The lowest BCUT2D eigenvalue weighted by molar-refractivity contribution is 0.132.